The van der Waals surface area contributed by atoms with Crippen LogP contribution in [0.4, 0.5) is 13.2 Å². The number of aromatic nitrogens is 3. The van der Waals surface area contributed by atoms with Crippen molar-refractivity contribution in [1.82, 2.24) is 14.4 Å². The van der Waals surface area contributed by atoms with E-state index in [0.29, 0.717) is 17.5 Å². The van der Waals surface area contributed by atoms with Crippen LogP contribution in [0.1, 0.15) is 24.7 Å². The SMILES string of the molecule is CCCc1cnc2c(C(F)(F)F)nc3ccccc3n12. The summed E-state index contributed by atoms with van der Waals surface area (Å²) in [6, 6.07) is 6.81. The Balaban J connectivity index is 2.46. The van der Waals surface area contributed by atoms with Crippen molar-refractivity contribution in [1.29, 1.82) is 0 Å². The first-order chi connectivity index (χ1) is 9.52. The molecule has 0 atom stereocenters. The van der Waals surface area contributed by atoms with Crippen LogP contribution in [0.5, 0.6) is 0 Å². The van der Waals surface area contributed by atoms with Crippen LogP contribution in [0.2, 0.25) is 0 Å². The van der Waals surface area contributed by atoms with E-state index in [9.17, 15) is 13.2 Å². The van der Waals surface area contributed by atoms with E-state index in [4.69, 9.17) is 0 Å². The number of imidazole rings is 1. The molecule has 20 heavy (non-hydrogen) atoms. The van der Waals surface area contributed by atoms with Gasteiger partial charge in [0.15, 0.2) is 11.3 Å². The number of aryl methyl sites for hydroxylation is 1. The fraction of sp³-hybridized carbons (Fsp3) is 0.286. The molecular weight excluding hydrogens is 267 g/mol. The molecule has 6 heteroatoms. The Morgan fingerprint density at radius 1 is 1.20 bits per heavy atom. The van der Waals surface area contributed by atoms with Crippen molar-refractivity contribution < 1.29 is 13.2 Å². The maximum absolute atomic E-state index is 13.1. The Labute approximate surface area is 113 Å². The van der Waals surface area contributed by atoms with E-state index in [1.165, 1.54) is 6.20 Å². The van der Waals surface area contributed by atoms with Crippen molar-refractivity contribution in [3.8, 4) is 0 Å². The molecule has 0 amide bonds. The molecule has 0 aliphatic rings. The van der Waals surface area contributed by atoms with E-state index in [1.807, 2.05) is 6.92 Å². The monoisotopic (exact) mass is 279 g/mol. The maximum atomic E-state index is 13.1. The zero-order valence-electron chi connectivity index (χ0n) is 10.8. The quantitative estimate of drug-likeness (QED) is 0.713. The van der Waals surface area contributed by atoms with Gasteiger partial charge in [-0.3, -0.25) is 4.40 Å². The number of hydrogen-bond acceptors (Lipinski definition) is 2. The van der Waals surface area contributed by atoms with Crippen LogP contribution in [0.3, 0.4) is 0 Å². The molecule has 3 aromatic rings. The molecule has 0 radical (unpaired) electrons. The molecule has 0 unspecified atom stereocenters. The lowest BCUT2D eigenvalue weighted by Gasteiger charge is -2.11. The lowest BCUT2D eigenvalue weighted by molar-refractivity contribution is -0.139. The number of alkyl halides is 3. The summed E-state index contributed by atoms with van der Waals surface area (Å²) in [5.74, 6) is 0. The molecular formula is C14H12F3N3. The molecule has 0 aliphatic carbocycles. The van der Waals surface area contributed by atoms with Crippen molar-refractivity contribution in [2.24, 2.45) is 0 Å². The van der Waals surface area contributed by atoms with Crippen LogP contribution in [0.15, 0.2) is 30.5 Å². The van der Waals surface area contributed by atoms with Crippen LogP contribution in [0, 0.1) is 0 Å². The van der Waals surface area contributed by atoms with Crippen LogP contribution in [-0.4, -0.2) is 14.4 Å². The Bertz CT molecular complexity index is 774. The fourth-order valence-corrected chi connectivity index (χ4v) is 2.36. The van der Waals surface area contributed by atoms with Crippen molar-refractivity contribution >= 4 is 16.7 Å². The zero-order chi connectivity index (χ0) is 14.3. The van der Waals surface area contributed by atoms with Crippen molar-refractivity contribution in [3.05, 3.63) is 41.9 Å². The molecule has 3 nitrogen and oxygen atoms in total. The van der Waals surface area contributed by atoms with Gasteiger partial charge in [-0.1, -0.05) is 25.5 Å². The van der Waals surface area contributed by atoms with E-state index in [-0.39, 0.29) is 5.65 Å². The smallest absolute Gasteiger partial charge is 0.293 e. The molecule has 0 spiro atoms. The zero-order valence-corrected chi connectivity index (χ0v) is 10.8. The van der Waals surface area contributed by atoms with Crippen LogP contribution in [0.25, 0.3) is 16.7 Å². The molecule has 0 fully saturated rings. The lowest BCUT2D eigenvalue weighted by Crippen LogP contribution is -2.12. The first-order valence-corrected chi connectivity index (χ1v) is 6.34. The van der Waals surface area contributed by atoms with Gasteiger partial charge in [0.1, 0.15) is 0 Å². The molecule has 1 aromatic carbocycles. The first-order valence-electron chi connectivity index (χ1n) is 6.34. The summed E-state index contributed by atoms with van der Waals surface area (Å²) in [4.78, 5) is 7.67. The minimum atomic E-state index is -4.51. The molecule has 2 aromatic heterocycles. The van der Waals surface area contributed by atoms with Crippen molar-refractivity contribution in [2.75, 3.05) is 0 Å². The largest absolute Gasteiger partial charge is 0.437 e. The third-order valence-electron chi connectivity index (χ3n) is 3.18. The summed E-state index contributed by atoms with van der Waals surface area (Å²) < 4.78 is 40.9. The highest BCUT2D eigenvalue weighted by Crippen LogP contribution is 2.33. The Hall–Kier alpha value is -2.11. The van der Waals surface area contributed by atoms with E-state index in [0.717, 1.165) is 12.1 Å². The second-order valence-corrected chi connectivity index (χ2v) is 4.61. The van der Waals surface area contributed by atoms with Crippen LogP contribution in [-0.2, 0) is 12.6 Å². The van der Waals surface area contributed by atoms with E-state index < -0.39 is 11.9 Å². The molecule has 0 bridgehead atoms. The highest BCUT2D eigenvalue weighted by atomic mass is 19.4. The van der Waals surface area contributed by atoms with Crippen molar-refractivity contribution in [2.45, 2.75) is 25.9 Å². The van der Waals surface area contributed by atoms with Gasteiger partial charge in [-0.25, -0.2) is 9.97 Å². The fourth-order valence-electron chi connectivity index (χ4n) is 2.36. The van der Waals surface area contributed by atoms with Crippen LogP contribution >= 0.6 is 0 Å². The van der Waals surface area contributed by atoms with Crippen molar-refractivity contribution in [3.63, 3.8) is 0 Å². The van der Waals surface area contributed by atoms with Crippen LogP contribution < -0.4 is 0 Å². The number of para-hydroxylation sites is 2. The highest BCUT2D eigenvalue weighted by Gasteiger charge is 2.37. The van der Waals surface area contributed by atoms with E-state index in [1.54, 1.807) is 28.7 Å². The van der Waals surface area contributed by atoms with Gasteiger partial charge in [-0.05, 0) is 18.6 Å². The first kappa shape index (κ1) is 12.9. The number of rotatable bonds is 2. The second-order valence-electron chi connectivity index (χ2n) is 4.61. The Morgan fingerprint density at radius 3 is 2.65 bits per heavy atom. The normalized spacial score (nSPS) is 12.4. The predicted molar refractivity (Wildman–Crippen MR) is 69.5 cm³/mol. The van der Waals surface area contributed by atoms with E-state index >= 15 is 0 Å². The van der Waals surface area contributed by atoms with Gasteiger partial charge in [0.2, 0.25) is 0 Å². The average Bonchev–Trinajstić information content (AvgIpc) is 2.81. The Kier molecular flexibility index (Phi) is 2.88. The van der Waals surface area contributed by atoms with Gasteiger partial charge in [-0.15, -0.1) is 0 Å². The standard InChI is InChI=1S/C14H12F3N3/c1-2-5-9-8-18-13-12(14(15,16)17)19-10-6-3-4-7-11(10)20(9)13/h3-4,6-8H,2,5H2,1H3. The summed E-state index contributed by atoms with van der Waals surface area (Å²) in [7, 11) is 0. The summed E-state index contributed by atoms with van der Waals surface area (Å²) in [6.45, 7) is 1.98. The Morgan fingerprint density at radius 2 is 1.95 bits per heavy atom. The van der Waals surface area contributed by atoms with Gasteiger partial charge in [0.05, 0.1) is 11.0 Å². The van der Waals surface area contributed by atoms with Gasteiger partial charge >= 0.3 is 6.18 Å². The third kappa shape index (κ3) is 1.92. The minimum Gasteiger partial charge on any atom is -0.293 e. The number of halogens is 3. The van der Waals surface area contributed by atoms with Gasteiger partial charge in [0, 0.05) is 11.9 Å². The summed E-state index contributed by atoms with van der Waals surface area (Å²) in [5, 5.41) is 0. The van der Waals surface area contributed by atoms with Gasteiger partial charge in [0.25, 0.3) is 0 Å². The maximum Gasteiger partial charge on any atom is 0.437 e. The molecule has 0 saturated heterocycles. The van der Waals surface area contributed by atoms with E-state index in [2.05, 4.69) is 9.97 Å². The molecule has 0 N–H and O–H groups in total. The second kappa shape index (κ2) is 4.47. The summed E-state index contributed by atoms with van der Waals surface area (Å²) in [6.07, 6.45) is -1.50. The van der Waals surface area contributed by atoms with Gasteiger partial charge in [-0.2, -0.15) is 13.2 Å². The summed E-state index contributed by atoms with van der Waals surface area (Å²) >= 11 is 0. The van der Waals surface area contributed by atoms with Gasteiger partial charge < -0.3 is 0 Å². The number of fused-ring (bicyclic) bond motifs is 3. The predicted octanol–water partition coefficient (Wildman–Crippen LogP) is 3.85. The topological polar surface area (TPSA) is 30.2 Å². The lowest BCUT2D eigenvalue weighted by atomic mass is 10.2. The third-order valence-corrected chi connectivity index (χ3v) is 3.18. The molecule has 104 valence electrons. The number of benzene rings is 1. The summed E-state index contributed by atoms with van der Waals surface area (Å²) in [5.41, 5.74) is 0.684. The molecule has 0 aliphatic heterocycles. The number of nitrogens with zero attached hydrogens (tertiary/aromatic N) is 3. The molecule has 2 heterocycles. The molecule has 0 saturated carbocycles. The molecule has 3 rings (SSSR count). The number of hydrogen-bond donors (Lipinski definition) is 0. The average molecular weight is 279 g/mol. The minimum absolute atomic E-state index is 0.125. The highest BCUT2D eigenvalue weighted by molar-refractivity contribution is 5.79.